The summed E-state index contributed by atoms with van der Waals surface area (Å²) in [4.78, 5) is 24.4. The molecule has 0 radical (unpaired) electrons. The number of hydrogen-bond donors (Lipinski definition) is 3. The summed E-state index contributed by atoms with van der Waals surface area (Å²) >= 11 is 0. The predicted octanol–water partition coefficient (Wildman–Crippen LogP) is 1.52. The van der Waals surface area contributed by atoms with E-state index < -0.39 is 5.91 Å². The number of carbonyl (C=O) groups is 2. The van der Waals surface area contributed by atoms with Crippen molar-refractivity contribution in [2.45, 2.75) is 20.4 Å². The number of nitrogen functional groups attached to an aromatic ring is 1. The number of amides is 2. The fourth-order valence-electron chi connectivity index (χ4n) is 2.32. The molecule has 0 fully saturated rings. The Morgan fingerprint density at radius 1 is 1.08 bits per heavy atom. The van der Waals surface area contributed by atoms with Crippen LogP contribution < -0.4 is 16.9 Å². The summed E-state index contributed by atoms with van der Waals surface area (Å²) in [6.45, 7) is 3.92. The third kappa shape index (κ3) is 4.33. The lowest BCUT2D eigenvalue weighted by Gasteiger charge is -2.18. The number of nitrogens with two attached hydrogens (primary N) is 2. The number of benzene rings is 2. The second-order valence-corrected chi connectivity index (χ2v) is 5.73. The fourth-order valence-corrected chi connectivity index (χ4v) is 2.32. The van der Waals surface area contributed by atoms with Crippen molar-refractivity contribution in [1.29, 1.82) is 0 Å². The molecule has 126 valence electrons. The SMILES string of the molecule is Cc1ccc(CNC(=O)CN(N)C(=O)c2c(C)cccc2N)cc1. The van der Waals surface area contributed by atoms with E-state index in [9.17, 15) is 9.59 Å². The van der Waals surface area contributed by atoms with Crippen molar-refractivity contribution in [2.24, 2.45) is 5.84 Å². The van der Waals surface area contributed by atoms with Crippen LogP contribution in [0.2, 0.25) is 0 Å². The molecule has 0 spiro atoms. The van der Waals surface area contributed by atoms with E-state index in [1.165, 1.54) is 0 Å². The van der Waals surface area contributed by atoms with Gasteiger partial charge < -0.3 is 11.1 Å². The van der Waals surface area contributed by atoms with E-state index >= 15 is 0 Å². The predicted molar refractivity (Wildman–Crippen MR) is 93.8 cm³/mol. The van der Waals surface area contributed by atoms with Gasteiger partial charge in [-0.2, -0.15) is 0 Å². The second-order valence-electron chi connectivity index (χ2n) is 5.73. The van der Waals surface area contributed by atoms with E-state index in [0.717, 1.165) is 21.7 Å². The summed E-state index contributed by atoms with van der Waals surface area (Å²) in [7, 11) is 0. The maximum absolute atomic E-state index is 12.4. The molecule has 0 atom stereocenters. The molecular formula is C18H22N4O2. The molecule has 2 rings (SSSR count). The normalized spacial score (nSPS) is 10.3. The minimum atomic E-state index is -0.476. The Morgan fingerprint density at radius 3 is 2.38 bits per heavy atom. The van der Waals surface area contributed by atoms with E-state index in [4.69, 9.17) is 11.6 Å². The second kappa shape index (κ2) is 7.61. The van der Waals surface area contributed by atoms with E-state index in [2.05, 4.69) is 5.32 Å². The first-order valence-electron chi connectivity index (χ1n) is 7.62. The Morgan fingerprint density at radius 2 is 1.75 bits per heavy atom. The molecule has 2 aromatic carbocycles. The van der Waals surface area contributed by atoms with Gasteiger partial charge in [0.15, 0.2) is 0 Å². The lowest BCUT2D eigenvalue weighted by Crippen LogP contribution is -2.45. The monoisotopic (exact) mass is 326 g/mol. The fraction of sp³-hybridized carbons (Fsp3) is 0.222. The molecule has 0 heterocycles. The van der Waals surface area contributed by atoms with Crippen molar-refractivity contribution in [3.05, 3.63) is 64.7 Å². The number of nitrogens with one attached hydrogen (secondary N) is 1. The third-order valence-corrected chi connectivity index (χ3v) is 3.70. The Balaban J connectivity index is 1.93. The van der Waals surface area contributed by atoms with E-state index in [0.29, 0.717) is 17.8 Å². The first-order valence-corrected chi connectivity index (χ1v) is 7.62. The summed E-state index contributed by atoms with van der Waals surface area (Å²) in [5.41, 5.74) is 9.35. The van der Waals surface area contributed by atoms with Gasteiger partial charge in [0.05, 0.1) is 5.56 Å². The highest BCUT2D eigenvalue weighted by Crippen LogP contribution is 2.17. The van der Waals surface area contributed by atoms with Gasteiger partial charge in [0.25, 0.3) is 5.91 Å². The molecule has 0 aliphatic carbocycles. The maximum Gasteiger partial charge on any atom is 0.270 e. The first kappa shape index (κ1) is 17.5. The molecule has 0 bridgehead atoms. The maximum atomic E-state index is 12.4. The zero-order valence-electron chi connectivity index (χ0n) is 13.9. The molecule has 2 aromatic rings. The summed E-state index contributed by atoms with van der Waals surface area (Å²) in [5.74, 6) is 4.93. The molecule has 2 amide bonds. The number of hydrogen-bond acceptors (Lipinski definition) is 4. The van der Waals surface area contributed by atoms with Crippen LogP contribution in [0.4, 0.5) is 5.69 Å². The quantitative estimate of drug-likeness (QED) is 0.335. The van der Waals surface area contributed by atoms with Crippen molar-refractivity contribution in [1.82, 2.24) is 10.3 Å². The van der Waals surface area contributed by atoms with E-state index in [-0.39, 0.29) is 12.5 Å². The van der Waals surface area contributed by atoms with E-state index in [1.54, 1.807) is 25.1 Å². The summed E-state index contributed by atoms with van der Waals surface area (Å²) in [6.07, 6.45) is 0. The summed E-state index contributed by atoms with van der Waals surface area (Å²) < 4.78 is 0. The van der Waals surface area contributed by atoms with Crippen molar-refractivity contribution in [2.75, 3.05) is 12.3 Å². The van der Waals surface area contributed by atoms with Crippen LogP contribution in [-0.2, 0) is 11.3 Å². The molecule has 24 heavy (non-hydrogen) atoms. The van der Waals surface area contributed by atoms with Crippen LogP contribution >= 0.6 is 0 Å². The number of hydrazine groups is 1. The molecule has 6 heteroatoms. The van der Waals surface area contributed by atoms with Crippen molar-refractivity contribution in [3.63, 3.8) is 0 Å². The third-order valence-electron chi connectivity index (χ3n) is 3.70. The molecule has 0 aliphatic heterocycles. The van der Waals surface area contributed by atoms with Gasteiger partial charge in [0.1, 0.15) is 6.54 Å². The first-order chi connectivity index (χ1) is 11.4. The molecular weight excluding hydrogens is 304 g/mol. The highest BCUT2D eigenvalue weighted by molar-refractivity contribution is 6.01. The zero-order valence-corrected chi connectivity index (χ0v) is 13.9. The summed E-state index contributed by atoms with van der Waals surface area (Å²) in [6, 6.07) is 13.0. The molecule has 0 aromatic heterocycles. The Kier molecular flexibility index (Phi) is 5.55. The average Bonchev–Trinajstić information content (AvgIpc) is 2.54. The Labute approximate surface area is 141 Å². The number of nitrogens with zero attached hydrogens (tertiary/aromatic N) is 1. The van der Waals surface area contributed by atoms with Crippen LogP contribution in [0.3, 0.4) is 0 Å². The summed E-state index contributed by atoms with van der Waals surface area (Å²) in [5, 5.41) is 3.62. The van der Waals surface area contributed by atoms with Gasteiger partial charge in [-0.1, -0.05) is 42.0 Å². The smallest absolute Gasteiger partial charge is 0.270 e. The van der Waals surface area contributed by atoms with Crippen molar-refractivity contribution >= 4 is 17.5 Å². The topological polar surface area (TPSA) is 101 Å². The van der Waals surface area contributed by atoms with Crippen molar-refractivity contribution in [3.8, 4) is 0 Å². The van der Waals surface area contributed by atoms with Crippen LogP contribution in [0.25, 0.3) is 0 Å². The average molecular weight is 326 g/mol. The van der Waals surface area contributed by atoms with Crippen LogP contribution in [0.15, 0.2) is 42.5 Å². The lowest BCUT2D eigenvalue weighted by molar-refractivity contribution is -0.122. The van der Waals surface area contributed by atoms with Gasteiger partial charge in [0, 0.05) is 12.2 Å². The molecule has 6 nitrogen and oxygen atoms in total. The van der Waals surface area contributed by atoms with Gasteiger partial charge >= 0.3 is 0 Å². The zero-order chi connectivity index (χ0) is 17.7. The largest absolute Gasteiger partial charge is 0.398 e. The van der Waals surface area contributed by atoms with Crippen LogP contribution in [-0.4, -0.2) is 23.4 Å². The van der Waals surface area contributed by atoms with Gasteiger partial charge in [0.2, 0.25) is 5.91 Å². The molecule has 5 N–H and O–H groups in total. The molecule has 0 unspecified atom stereocenters. The van der Waals surface area contributed by atoms with Crippen molar-refractivity contribution < 1.29 is 9.59 Å². The number of aryl methyl sites for hydroxylation is 2. The van der Waals surface area contributed by atoms with Gasteiger partial charge in [-0.05, 0) is 31.0 Å². The van der Waals surface area contributed by atoms with Gasteiger partial charge in [-0.3, -0.25) is 14.6 Å². The highest BCUT2D eigenvalue weighted by atomic mass is 16.2. The number of rotatable bonds is 5. The molecule has 0 saturated heterocycles. The molecule has 0 saturated carbocycles. The van der Waals surface area contributed by atoms with E-state index in [1.807, 2.05) is 31.2 Å². The minimum Gasteiger partial charge on any atom is -0.398 e. The minimum absolute atomic E-state index is 0.238. The molecule has 0 aliphatic rings. The Hall–Kier alpha value is -2.86. The number of anilines is 1. The Bertz CT molecular complexity index is 721. The standard InChI is InChI=1S/C18H22N4O2/c1-12-6-8-14(9-7-12)10-21-16(23)11-22(20)18(24)17-13(2)4-3-5-15(17)19/h3-9H,10-11,19-20H2,1-2H3,(H,21,23). The van der Waals surface area contributed by atoms with Crippen LogP contribution in [0, 0.1) is 13.8 Å². The van der Waals surface area contributed by atoms with Gasteiger partial charge in [-0.25, -0.2) is 5.84 Å². The van der Waals surface area contributed by atoms with Crippen LogP contribution in [0.1, 0.15) is 27.0 Å². The number of carbonyl (C=O) groups excluding carboxylic acids is 2. The highest BCUT2D eigenvalue weighted by Gasteiger charge is 2.19. The lowest BCUT2D eigenvalue weighted by atomic mass is 10.1. The van der Waals surface area contributed by atoms with Gasteiger partial charge in [-0.15, -0.1) is 0 Å². The van der Waals surface area contributed by atoms with Crippen LogP contribution in [0.5, 0.6) is 0 Å².